The molecule has 6 heteroatoms. The minimum atomic E-state index is -0.592. The first-order valence-electron chi connectivity index (χ1n) is 7.34. The molecule has 0 saturated heterocycles. The highest BCUT2D eigenvalue weighted by molar-refractivity contribution is 5.66. The molecule has 1 aromatic carbocycles. The third kappa shape index (κ3) is 5.41. The average Bonchev–Trinajstić information content (AvgIpc) is 2.52. The fourth-order valence-corrected chi connectivity index (χ4v) is 2.22. The molecule has 0 N–H and O–H groups in total. The maximum atomic E-state index is 11.3. The lowest BCUT2D eigenvalue weighted by atomic mass is 10.1. The van der Waals surface area contributed by atoms with E-state index in [0.717, 1.165) is 5.56 Å². The van der Waals surface area contributed by atoms with Gasteiger partial charge in [0.15, 0.2) is 12.2 Å². The van der Waals surface area contributed by atoms with Crippen molar-refractivity contribution in [3.05, 3.63) is 48.2 Å². The molecule has 0 amide bonds. The number of carbonyl (C=O) groups excluding carboxylic acids is 2. The van der Waals surface area contributed by atoms with Gasteiger partial charge in [-0.15, -0.1) is 0 Å². The molecule has 124 valence electrons. The molecule has 3 atom stereocenters. The number of hydrogen-bond acceptors (Lipinski definition) is 6. The van der Waals surface area contributed by atoms with E-state index in [-0.39, 0.29) is 6.61 Å². The van der Waals surface area contributed by atoms with Crippen molar-refractivity contribution in [2.75, 3.05) is 6.61 Å². The lowest BCUT2D eigenvalue weighted by Gasteiger charge is -2.33. The second-order valence-corrected chi connectivity index (χ2v) is 5.14. The van der Waals surface area contributed by atoms with E-state index in [2.05, 4.69) is 0 Å². The molecule has 0 bridgehead atoms. The molecule has 0 unspecified atom stereocenters. The summed E-state index contributed by atoms with van der Waals surface area (Å²) >= 11 is 0. The second kappa shape index (κ2) is 8.33. The Balaban J connectivity index is 2.05. The molecule has 0 saturated carbocycles. The molecule has 1 aliphatic heterocycles. The van der Waals surface area contributed by atoms with Crippen LogP contribution in [0.2, 0.25) is 0 Å². The van der Waals surface area contributed by atoms with Crippen LogP contribution >= 0.6 is 0 Å². The Morgan fingerprint density at radius 3 is 2.52 bits per heavy atom. The number of ether oxygens (including phenoxy) is 4. The lowest BCUT2D eigenvalue weighted by Crippen LogP contribution is -2.46. The van der Waals surface area contributed by atoms with Gasteiger partial charge < -0.3 is 18.9 Å². The summed E-state index contributed by atoms with van der Waals surface area (Å²) in [5.74, 6) is -0.824. The summed E-state index contributed by atoms with van der Waals surface area (Å²) in [5.41, 5.74) is 0.981. The Kier molecular flexibility index (Phi) is 6.17. The Bertz CT molecular complexity index is 553. The zero-order valence-electron chi connectivity index (χ0n) is 13.1. The van der Waals surface area contributed by atoms with Gasteiger partial charge >= 0.3 is 11.9 Å². The zero-order valence-corrected chi connectivity index (χ0v) is 13.1. The number of rotatable bonds is 6. The van der Waals surface area contributed by atoms with Gasteiger partial charge in [0.2, 0.25) is 0 Å². The number of carbonyl (C=O) groups is 2. The van der Waals surface area contributed by atoms with Crippen LogP contribution in [0.15, 0.2) is 42.7 Å². The highest BCUT2D eigenvalue weighted by Gasteiger charge is 2.36. The van der Waals surface area contributed by atoms with E-state index < -0.39 is 30.3 Å². The topological polar surface area (TPSA) is 71.1 Å². The van der Waals surface area contributed by atoms with E-state index in [1.807, 2.05) is 30.3 Å². The van der Waals surface area contributed by atoms with Gasteiger partial charge in [0.05, 0.1) is 12.9 Å². The average molecular weight is 320 g/mol. The van der Waals surface area contributed by atoms with E-state index >= 15 is 0 Å². The predicted octanol–water partition coefficient (Wildman–Crippen LogP) is 1.98. The molecule has 0 radical (unpaired) electrons. The smallest absolute Gasteiger partial charge is 0.303 e. The molecule has 0 spiro atoms. The van der Waals surface area contributed by atoms with Crippen molar-refractivity contribution in [1.29, 1.82) is 0 Å². The van der Waals surface area contributed by atoms with Crippen LogP contribution in [-0.2, 0) is 35.1 Å². The number of esters is 2. The quantitative estimate of drug-likeness (QED) is 0.746. The molecule has 1 heterocycles. The van der Waals surface area contributed by atoms with Gasteiger partial charge in [-0.3, -0.25) is 9.59 Å². The summed E-state index contributed by atoms with van der Waals surface area (Å²) in [5, 5.41) is 0. The summed E-state index contributed by atoms with van der Waals surface area (Å²) in [6.45, 7) is 3.01. The van der Waals surface area contributed by atoms with E-state index in [4.69, 9.17) is 18.9 Å². The molecule has 1 aromatic rings. The van der Waals surface area contributed by atoms with Crippen LogP contribution in [0.5, 0.6) is 0 Å². The van der Waals surface area contributed by atoms with Gasteiger partial charge in [0, 0.05) is 13.8 Å². The third-order valence-electron chi connectivity index (χ3n) is 3.25. The van der Waals surface area contributed by atoms with E-state index in [9.17, 15) is 9.59 Å². The van der Waals surface area contributed by atoms with Gasteiger partial charge in [-0.1, -0.05) is 30.3 Å². The van der Waals surface area contributed by atoms with Crippen molar-refractivity contribution in [2.24, 2.45) is 0 Å². The first-order chi connectivity index (χ1) is 11.1. The Morgan fingerprint density at radius 1 is 1.13 bits per heavy atom. The molecule has 2 rings (SSSR count). The summed E-state index contributed by atoms with van der Waals surface area (Å²) in [6, 6.07) is 9.61. The number of benzene rings is 1. The number of hydrogen-bond donors (Lipinski definition) is 0. The van der Waals surface area contributed by atoms with E-state index in [1.165, 1.54) is 20.1 Å². The predicted molar refractivity (Wildman–Crippen MR) is 81.2 cm³/mol. The fourth-order valence-electron chi connectivity index (χ4n) is 2.22. The van der Waals surface area contributed by atoms with Crippen LogP contribution in [0.3, 0.4) is 0 Å². The molecule has 0 aromatic heterocycles. The molecule has 6 nitrogen and oxygen atoms in total. The molecular formula is C17H20O6. The molecule has 1 aliphatic rings. The van der Waals surface area contributed by atoms with Gasteiger partial charge in [-0.25, -0.2) is 0 Å². The van der Waals surface area contributed by atoms with Gasteiger partial charge in [0.25, 0.3) is 0 Å². The standard InChI is InChI=1S/C17H20O6/c1-12(18)21-11-16-17(15(8-9-20-16)23-13(2)19)22-10-14-6-4-3-5-7-14/h3-9,15-17H,10-11H2,1-2H3/t15-,16-,17+/m1/s1. The molecular weight excluding hydrogens is 300 g/mol. The molecule has 0 aliphatic carbocycles. The fraction of sp³-hybridized carbons (Fsp3) is 0.412. The van der Waals surface area contributed by atoms with Crippen LogP contribution in [0.1, 0.15) is 19.4 Å². The minimum absolute atomic E-state index is 0.0247. The van der Waals surface area contributed by atoms with Crippen molar-refractivity contribution < 1.29 is 28.5 Å². The van der Waals surface area contributed by atoms with Crippen LogP contribution in [0.25, 0.3) is 0 Å². The van der Waals surface area contributed by atoms with Crippen LogP contribution in [-0.4, -0.2) is 36.9 Å². The first kappa shape index (κ1) is 17.0. The highest BCUT2D eigenvalue weighted by Crippen LogP contribution is 2.21. The second-order valence-electron chi connectivity index (χ2n) is 5.14. The summed E-state index contributed by atoms with van der Waals surface area (Å²) < 4.78 is 21.6. The SMILES string of the molecule is CC(=O)OC[C@H]1OC=C[C@@H](OC(C)=O)[C@@H]1OCc1ccccc1. The maximum Gasteiger partial charge on any atom is 0.303 e. The molecule has 0 fully saturated rings. The first-order valence-corrected chi connectivity index (χ1v) is 7.34. The van der Waals surface area contributed by atoms with Crippen molar-refractivity contribution in [3.8, 4) is 0 Å². The third-order valence-corrected chi connectivity index (χ3v) is 3.25. The van der Waals surface area contributed by atoms with Gasteiger partial charge in [-0.2, -0.15) is 0 Å². The summed E-state index contributed by atoms with van der Waals surface area (Å²) in [7, 11) is 0. The van der Waals surface area contributed by atoms with Crippen LogP contribution in [0.4, 0.5) is 0 Å². The summed E-state index contributed by atoms with van der Waals surface area (Å²) in [4.78, 5) is 22.3. The van der Waals surface area contributed by atoms with Crippen molar-refractivity contribution >= 4 is 11.9 Å². The van der Waals surface area contributed by atoms with Gasteiger partial charge in [0.1, 0.15) is 12.7 Å². The normalized spacial score (nSPS) is 23.0. The minimum Gasteiger partial charge on any atom is -0.492 e. The highest BCUT2D eigenvalue weighted by atomic mass is 16.6. The lowest BCUT2D eigenvalue weighted by molar-refractivity contribution is -0.171. The van der Waals surface area contributed by atoms with Crippen molar-refractivity contribution in [3.63, 3.8) is 0 Å². The van der Waals surface area contributed by atoms with E-state index in [1.54, 1.807) is 6.08 Å². The summed E-state index contributed by atoms with van der Waals surface area (Å²) in [6.07, 6.45) is 1.34. The zero-order chi connectivity index (χ0) is 16.7. The Morgan fingerprint density at radius 2 is 1.87 bits per heavy atom. The van der Waals surface area contributed by atoms with Crippen LogP contribution < -0.4 is 0 Å². The maximum absolute atomic E-state index is 11.3. The Labute approximate surface area is 135 Å². The monoisotopic (exact) mass is 320 g/mol. The van der Waals surface area contributed by atoms with Crippen molar-refractivity contribution in [2.45, 2.75) is 38.8 Å². The molecule has 23 heavy (non-hydrogen) atoms. The van der Waals surface area contributed by atoms with Gasteiger partial charge in [-0.05, 0) is 11.6 Å². The Hall–Kier alpha value is -2.34. The largest absolute Gasteiger partial charge is 0.492 e. The van der Waals surface area contributed by atoms with Crippen molar-refractivity contribution in [1.82, 2.24) is 0 Å². The van der Waals surface area contributed by atoms with Crippen LogP contribution in [0, 0.1) is 0 Å². The van der Waals surface area contributed by atoms with E-state index in [0.29, 0.717) is 6.61 Å².